The quantitative estimate of drug-likeness (QED) is 0.770. The van der Waals surface area contributed by atoms with Crippen molar-refractivity contribution in [2.24, 2.45) is 0 Å². The first-order chi connectivity index (χ1) is 8.16. The lowest BCUT2D eigenvalue weighted by Gasteiger charge is -2.17. The van der Waals surface area contributed by atoms with Crippen LogP contribution in [0.15, 0.2) is 29.8 Å². The average molecular weight is 230 g/mol. The Kier molecular flexibility index (Phi) is 4.01. The highest BCUT2D eigenvalue weighted by atomic mass is 16.3. The lowest BCUT2D eigenvalue weighted by molar-refractivity contribution is 0.176. The summed E-state index contributed by atoms with van der Waals surface area (Å²) in [5.74, 6) is 0. The van der Waals surface area contributed by atoms with Crippen LogP contribution in [0.5, 0.6) is 0 Å². The maximum Gasteiger partial charge on any atom is 0.0827 e. The van der Waals surface area contributed by atoms with E-state index in [9.17, 15) is 5.11 Å². The van der Waals surface area contributed by atoms with Gasteiger partial charge in [0.2, 0.25) is 0 Å². The molecular formula is C16H22O. The van der Waals surface area contributed by atoms with Gasteiger partial charge < -0.3 is 5.11 Å². The fraction of sp³-hybridized carbons (Fsp3) is 0.500. The van der Waals surface area contributed by atoms with E-state index < -0.39 is 0 Å². The van der Waals surface area contributed by atoms with Crippen LogP contribution in [-0.4, -0.2) is 5.11 Å². The molecule has 0 radical (unpaired) electrons. The van der Waals surface area contributed by atoms with Gasteiger partial charge in [0.15, 0.2) is 0 Å². The molecule has 0 bridgehead atoms. The summed E-state index contributed by atoms with van der Waals surface area (Å²) >= 11 is 0. The van der Waals surface area contributed by atoms with Crippen LogP contribution in [0.2, 0.25) is 0 Å². The van der Waals surface area contributed by atoms with Crippen molar-refractivity contribution in [2.75, 3.05) is 0 Å². The number of aliphatic hydroxyl groups excluding tert-OH is 1. The monoisotopic (exact) mass is 230 g/mol. The zero-order valence-electron chi connectivity index (χ0n) is 10.9. The zero-order valence-corrected chi connectivity index (χ0v) is 10.9. The molecule has 0 heterocycles. The highest BCUT2D eigenvalue weighted by molar-refractivity contribution is 5.31. The highest BCUT2D eigenvalue weighted by Crippen LogP contribution is 2.28. The zero-order chi connectivity index (χ0) is 12.3. The van der Waals surface area contributed by atoms with Crippen molar-refractivity contribution in [3.8, 4) is 0 Å². The third-order valence-electron chi connectivity index (χ3n) is 3.76. The van der Waals surface area contributed by atoms with Crippen LogP contribution < -0.4 is 0 Å². The largest absolute Gasteiger partial charge is 0.388 e. The van der Waals surface area contributed by atoms with Gasteiger partial charge in [0.05, 0.1) is 6.10 Å². The first kappa shape index (κ1) is 12.4. The summed E-state index contributed by atoms with van der Waals surface area (Å²) in [6.07, 6.45) is 7.74. The van der Waals surface area contributed by atoms with Crippen molar-refractivity contribution in [3.05, 3.63) is 46.5 Å². The van der Waals surface area contributed by atoms with E-state index in [0.717, 1.165) is 12.0 Å². The number of rotatable bonds is 3. The Labute approximate surface area is 104 Å². The third kappa shape index (κ3) is 3.19. The Bertz CT molecular complexity index is 418. The van der Waals surface area contributed by atoms with Crippen LogP contribution in [0.3, 0.4) is 0 Å². The average Bonchev–Trinajstić information content (AvgIpc) is 2.34. The molecule has 0 fully saturated rings. The number of allylic oxidation sites excluding steroid dienone is 1. The Morgan fingerprint density at radius 2 is 2.00 bits per heavy atom. The fourth-order valence-electron chi connectivity index (χ4n) is 2.43. The third-order valence-corrected chi connectivity index (χ3v) is 3.76. The molecule has 1 nitrogen and oxygen atoms in total. The van der Waals surface area contributed by atoms with Crippen LogP contribution in [0.4, 0.5) is 0 Å². The first-order valence-corrected chi connectivity index (χ1v) is 6.60. The van der Waals surface area contributed by atoms with E-state index in [1.807, 2.05) is 0 Å². The number of hydrogen-bond donors (Lipinski definition) is 1. The number of aliphatic hydroxyl groups is 1. The lowest BCUT2D eigenvalue weighted by Crippen LogP contribution is -2.02. The highest BCUT2D eigenvalue weighted by Gasteiger charge is 2.12. The van der Waals surface area contributed by atoms with Crippen molar-refractivity contribution in [1.82, 2.24) is 0 Å². The molecule has 1 N–H and O–H groups in total. The molecule has 2 rings (SSSR count). The number of benzene rings is 1. The van der Waals surface area contributed by atoms with Crippen LogP contribution in [0, 0.1) is 13.8 Å². The molecule has 1 aromatic rings. The molecule has 92 valence electrons. The Morgan fingerprint density at radius 1 is 1.18 bits per heavy atom. The molecule has 1 unspecified atom stereocenters. The van der Waals surface area contributed by atoms with Crippen molar-refractivity contribution in [1.29, 1.82) is 0 Å². The molecule has 0 aliphatic heterocycles. The van der Waals surface area contributed by atoms with E-state index >= 15 is 0 Å². The maximum atomic E-state index is 10.2. The molecular weight excluding hydrogens is 208 g/mol. The van der Waals surface area contributed by atoms with E-state index in [1.54, 1.807) is 0 Å². The van der Waals surface area contributed by atoms with Gasteiger partial charge in [-0.15, -0.1) is 0 Å². The van der Waals surface area contributed by atoms with E-state index in [4.69, 9.17) is 0 Å². The summed E-state index contributed by atoms with van der Waals surface area (Å²) in [5.41, 5.74) is 5.04. The van der Waals surface area contributed by atoms with Gasteiger partial charge in [-0.05, 0) is 62.6 Å². The maximum absolute atomic E-state index is 10.2. The standard InChI is InChI=1S/C16H22O/c1-12-8-9-15(10-13(12)2)16(17)11-14-6-4-3-5-7-14/h6,8-10,16-17H,3-5,7,11H2,1-2H3. The summed E-state index contributed by atoms with van der Waals surface area (Å²) in [5, 5.41) is 10.2. The van der Waals surface area contributed by atoms with Gasteiger partial charge in [0, 0.05) is 0 Å². The predicted octanol–water partition coefficient (Wildman–Crippen LogP) is 4.23. The van der Waals surface area contributed by atoms with Gasteiger partial charge in [-0.1, -0.05) is 29.8 Å². The summed E-state index contributed by atoms with van der Waals surface area (Å²) in [7, 11) is 0. The minimum atomic E-state index is -0.335. The second-order valence-corrected chi connectivity index (χ2v) is 5.17. The summed E-state index contributed by atoms with van der Waals surface area (Å²) in [6.45, 7) is 4.21. The Hall–Kier alpha value is -1.08. The van der Waals surface area contributed by atoms with E-state index in [1.165, 1.54) is 42.4 Å². The van der Waals surface area contributed by atoms with Crippen molar-refractivity contribution < 1.29 is 5.11 Å². The minimum Gasteiger partial charge on any atom is -0.388 e. The van der Waals surface area contributed by atoms with Crippen molar-refractivity contribution in [3.63, 3.8) is 0 Å². The van der Waals surface area contributed by atoms with E-state index in [0.29, 0.717) is 0 Å². The summed E-state index contributed by atoms with van der Waals surface area (Å²) < 4.78 is 0. The normalized spacial score (nSPS) is 17.7. The fourth-order valence-corrected chi connectivity index (χ4v) is 2.43. The van der Waals surface area contributed by atoms with Gasteiger partial charge in [0.1, 0.15) is 0 Å². The smallest absolute Gasteiger partial charge is 0.0827 e. The van der Waals surface area contributed by atoms with Gasteiger partial charge in [-0.3, -0.25) is 0 Å². The van der Waals surface area contributed by atoms with E-state index in [-0.39, 0.29) is 6.10 Å². The summed E-state index contributed by atoms with van der Waals surface area (Å²) in [6, 6.07) is 6.27. The predicted molar refractivity (Wildman–Crippen MR) is 72.0 cm³/mol. The lowest BCUT2D eigenvalue weighted by atomic mass is 9.92. The molecule has 1 aliphatic rings. The number of hydrogen-bond acceptors (Lipinski definition) is 1. The molecule has 17 heavy (non-hydrogen) atoms. The van der Waals surface area contributed by atoms with Crippen LogP contribution in [0.1, 0.15) is 54.9 Å². The molecule has 0 amide bonds. The molecule has 1 aliphatic carbocycles. The van der Waals surface area contributed by atoms with Crippen LogP contribution in [-0.2, 0) is 0 Å². The van der Waals surface area contributed by atoms with E-state index in [2.05, 4.69) is 38.1 Å². The molecule has 1 aromatic carbocycles. The molecule has 0 aromatic heterocycles. The molecule has 0 spiro atoms. The first-order valence-electron chi connectivity index (χ1n) is 6.60. The van der Waals surface area contributed by atoms with Crippen molar-refractivity contribution >= 4 is 0 Å². The second kappa shape index (κ2) is 5.50. The number of aryl methyl sites for hydroxylation is 2. The Morgan fingerprint density at radius 3 is 2.65 bits per heavy atom. The van der Waals surface area contributed by atoms with Gasteiger partial charge in [-0.25, -0.2) is 0 Å². The molecule has 1 atom stereocenters. The minimum absolute atomic E-state index is 0.335. The summed E-state index contributed by atoms with van der Waals surface area (Å²) in [4.78, 5) is 0. The van der Waals surface area contributed by atoms with Crippen molar-refractivity contribution in [2.45, 2.75) is 52.1 Å². The molecule has 0 saturated heterocycles. The SMILES string of the molecule is Cc1ccc(C(O)CC2=CCCCC2)cc1C. The molecule has 0 saturated carbocycles. The van der Waals surface area contributed by atoms with Crippen LogP contribution >= 0.6 is 0 Å². The van der Waals surface area contributed by atoms with Gasteiger partial charge in [0.25, 0.3) is 0 Å². The van der Waals surface area contributed by atoms with Gasteiger partial charge >= 0.3 is 0 Å². The molecule has 1 heteroatoms. The second-order valence-electron chi connectivity index (χ2n) is 5.17. The van der Waals surface area contributed by atoms with Crippen LogP contribution in [0.25, 0.3) is 0 Å². The Balaban J connectivity index is 2.06. The topological polar surface area (TPSA) is 20.2 Å². The van der Waals surface area contributed by atoms with Gasteiger partial charge in [-0.2, -0.15) is 0 Å².